The van der Waals surface area contributed by atoms with Gasteiger partial charge in [-0.1, -0.05) is 18.2 Å². The number of hydrogen-bond acceptors (Lipinski definition) is 1. The molecule has 3 heteroatoms. The van der Waals surface area contributed by atoms with Gasteiger partial charge >= 0.3 is 0 Å². The molecule has 0 spiro atoms. The van der Waals surface area contributed by atoms with E-state index in [1.54, 1.807) is 12.1 Å². The van der Waals surface area contributed by atoms with E-state index in [2.05, 4.69) is 4.29 Å². The van der Waals surface area contributed by atoms with Gasteiger partial charge in [-0.15, -0.1) is 0 Å². The van der Waals surface area contributed by atoms with Crippen LogP contribution in [-0.4, -0.2) is 0 Å². The summed E-state index contributed by atoms with van der Waals surface area (Å²) < 4.78 is 4.39. The normalized spacial score (nSPS) is 7.79. The van der Waals surface area contributed by atoms with Crippen molar-refractivity contribution >= 4 is 11.9 Å². The van der Waals surface area contributed by atoms with Gasteiger partial charge in [-0.2, -0.15) is 18.2 Å². The average molecular weight is 245 g/mol. The van der Waals surface area contributed by atoms with Crippen LogP contribution in [0.1, 0.15) is 0 Å². The molecule has 0 aliphatic rings. The van der Waals surface area contributed by atoms with Crippen molar-refractivity contribution in [1.29, 1.82) is 0 Å². The van der Waals surface area contributed by atoms with E-state index >= 15 is 0 Å². The molecule has 14 heavy (non-hydrogen) atoms. The first-order chi connectivity index (χ1) is 6.43. The summed E-state index contributed by atoms with van der Waals surface area (Å²) in [7, 11) is 0. The summed E-state index contributed by atoms with van der Waals surface area (Å²) in [6, 6.07) is 19.2. The summed E-state index contributed by atoms with van der Waals surface area (Å²) in [5, 5.41) is 0. The molecule has 0 unspecified atom stereocenters. The van der Waals surface area contributed by atoms with Crippen LogP contribution in [0.5, 0.6) is 5.75 Å². The zero-order valence-corrected chi connectivity index (χ0v) is 9.66. The van der Waals surface area contributed by atoms with E-state index in [1.165, 1.54) is 0 Å². The minimum atomic E-state index is 0. The molecule has 2 aromatic carbocycles. The van der Waals surface area contributed by atoms with Gasteiger partial charge < -0.3 is 4.29 Å². The fourth-order valence-corrected chi connectivity index (χ4v) is 0.896. The molecule has 0 N–H and O–H groups in total. The van der Waals surface area contributed by atoms with Gasteiger partial charge in [-0.3, -0.25) is 0 Å². The van der Waals surface area contributed by atoms with Gasteiger partial charge in [0, 0.05) is 18.6 Å². The first-order valence-corrected chi connectivity index (χ1v) is 4.24. The molecule has 2 aromatic rings. The molecular formula is C11H10ClOV-. The summed E-state index contributed by atoms with van der Waals surface area (Å²) in [6.07, 6.45) is 0. The Morgan fingerprint density at radius 2 is 1.50 bits per heavy atom. The molecule has 1 nitrogen and oxygen atoms in total. The summed E-state index contributed by atoms with van der Waals surface area (Å²) in [4.78, 5) is 0. The monoisotopic (exact) mass is 244 g/mol. The van der Waals surface area contributed by atoms with Gasteiger partial charge in [-0.25, -0.2) is 12.1 Å². The van der Waals surface area contributed by atoms with Crippen LogP contribution in [0.2, 0.25) is 0 Å². The third-order valence-corrected chi connectivity index (χ3v) is 1.57. The predicted molar refractivity (Wildman–Crippen MR) is 55.0 cm³/mol. The molecule has 0 aliphatic heterocycles. The zero-order valence-electron chi connectivity index (χ0n) is 7.51. The molecule has 0 aromatic heterocycles. The third kappa shape index (κ3) is 5.82. The molecule has 0 aliphatic carbocycles. The fourth-order valence-electron chi connectivity index (χ4n) is 0.793. The Balaban J connectivity index is 0.000000246. The van der Waals surface area contributed by atoms with Crippen molar-refractivity contribution in [2.45, 2.75) is 0 Å². The van der Waals surface area contributed by atoms with Crippen LogP contribution >= 0.6 is 11.9 Å². The maximum atomic E-state index is 5.03. The van der Waals surface area contributed by atoms with Crippen molar-refractivity contribution in [1.82, 2.24) is 0 Å². The Hall–Kier alpha value is -0.756. The van der Waals surface area contributed by atoms with Gasteiger partial charge in [0.25, 0.3) is 0 Å². The molecule has 0 saturated carbocycles. The van der Waals surface area contributed by atoms with Crippen LogP contribution in [-0.2, 0) is 18.6 Å². The van der Waals surface area contributed by atoms with E-state index in [9.17, 15) is 0 Å². The van der Waals surface area contributed by atoms with Crippen LogP contribution < -0.4 is 4.29 Å². The number of halogens is 1. The molecule has 0 saturated heterocycles. The Labute approximate surface area is 101 Å². The maximum absolute atomic E-state index is 5.03. The van der Waals surface area contributed by atoms with Crippen molar-refractivity contribution in [3.63, 3.8) is 0 Å². The molecule has 0 heterocycles. The second-order valence-corrected chi connectivity index (χ2v) is 2.51. The molecular weight excluding hydrogens is 235 g/mol. The van der Waals surface area contributed by atoms with E-state index in [0.29, 0.717) is 5.75 Å². The molecule has 2 rings (SSSR count). The summed E-state index contributed by atoms with van der Waals surface area (Å²) in [5.41, 5.74) is 0. The molecule has 1 radical (unpaired) electrons. The molecule has 0 fully saturated rings. The van der Waals surface area contributed by atoms with Crippen LogP contribution in [0.3, 0.4) is 0 Å². The third-order valence-electron chi connectivity index (χ3n) is 1.39. The second kappa shape index (κ2) is 8.83. The van der Waals surface area contributed by atoms with Crippen molar-refractivity contribution < 1.29 is 22.8 Å². The smallest absolute Gasteiger partial charge is 0.146 e. The zero-order chi connectivity index (χ0) is 9.36. The Kier molecular flexibility index (Phi) is 8.35. The van der Waals surface area contributed by atoms with Gasteiger partial charge in [0.15, 0.2) is 0 Å². The fraction of sp³-hybridized carbons (Fsp3) is 0. The first kappa shape index (κ1) is 13.2. The predicted octanol–water partition coefficient (Wildman–Crippen LogP) is 3.62. The van der Waals surface area contributed by atoms with Crippen molar-refractivity contribution in [3.8, 4) is 5.75 Å². The summed E-state index contributed by atoms with van der Waals surface area (Å²) in [6.45, 7) is 0. The van der Waals surface area contributed by atoms with Crippen LogP contribution in [0.15, 0.2) is 60.7 Å². The quantitative estimate of drug-likeness (QED) is 0.696. The Bertz CT molecular complexity index is 277. The SMILES string of the molecule is ClOc1ccccc1.[V].c1cc[cH-]c1. The minimum Gasteiger partial charge on any atom is -0.386 e. The minimum absolute atomic E-state index is 0. The largest absolute Gasteiger partial charge is 0.386 e. The van der Waals surface area contributed by atoms with Gasteiger partial charge in [0.1, 0.15) is 17.6 Å². The molecule has 0 bridgehead atoms. The van der Waals surface area contributed by atoms with Crippen LogP contribution in [0.25, 0.3) is 0 Å². The average Bonchev–Trinajstić information content (AvgIpc) is 2.77. The topological polar surface area (TPSA) is 9.23 Å². The van der Waals surface area contributed by atoms with Crippen molar-refractivity contribution in [2.24, 2.45) is 0 Å². The standard InChI is InChI=1S/C6H5ClO.C5H5.V/c7-8-6-4-2-1-3-5-6;1-2-4-5-3-1;/h1-5H;1-5H;/q;-1;. The summed E-state index contributed by atoms with van der Waals surface area (Å²) in [5.74, 6) is 0.675. The maximum Gasteiger partial charge on any atom is 0.146 e. The van der Waals surface area contributed by atoms with Gasteiger partial charge in [-0.05, 0) is 12.1 Å². The molecule has 0 atom stereocenters. The Morgan fingerprint density at radius 3 is 1.79 bits per heavy atom. The van der Waals surface area contributed by atoms with Crippen molar-refractivity contribution in [3.05, 3.63) is 60.7 Å². The number of para-hydroxylation sites is 1. The van der Waals surface area contributed by atoms with Gasteiger partial charge in [0.05, 0.1) is 0 Å². The number of benzene rings is 1. The Morgan fingerprint density at radius 1 is 0.929 bits per heavy atom. The van der Waals surface area contributed by atoms with Crippen LogP contribution in [0, 0.1) is 0 Å². The van der Waals surface area contributed by atoms with E-state index < -0.39 is 0 Å². The van der Waals surface area contributed by atoms with E-state index in [1.807, 2.05) is 48.5 Å². The summed E-state index contributed by atoms with van der Waals surface area (Å²) >= 11 is 5.03. The number of hydrogen-bond donors (Lipinski definition) is 0. The first-order valence-electron chi connectivity index (χ1n) is 3.94. The van der Waals surface area contributed by atoms with E-state index in [0.717, 1.165) is 0 Å². The van der Waals surface area contributed by atoms with E-state index in [-0.39, 0.29) is 18.6 Å². The van der Waals surface area contributed by atoms with E-state index in [4.69, 9.17) is 11.9 Å². The second-order valence-electron chi connectivity index (χ2n) is 2.35. The molecule has 0 amide bonds. The molecule has 73 valence electrons. The number of rotatable bonds is 1. The van der Waals surface area contributed by atoms with Crippen molar-refractivity contribution in [2.75, 3.05) is 0 Å². The van der Waals surface area contributed by atoms with Crippen LogP contribution in [0.4, 0.5) is 0 Å². The van der Waals surface area contributed by atoms with Gasteiger partial charge in [0.2, 0.25) is 0 Å².